The normalized spacial score (nSPS) is 10.3. The summed E-state index contributed by atoms with van der Waals surface area (Å²) in [5, 5.41) is 3.91. The molecule has 0 fully saturated rings. The molecule has 0 saturated carbocycles. The molecule has 0 heterocycles. The van der Waals surface area contributed by atoms with E-state index in [2.05, 4.69) is 5.32 Å². The van der Waals surface area contributed by atoms with Gasteiger partial charge in [-0.2, -0.15) is 0 Å². The summed E-state index contributed by atoms with van der Waals surface area (Å²) in [6.07, 6.45) is 0. The van der Waals surface area contributed by atoms with Crippen molar-refractivity contribution in [3.8, 4) is 0 Å². The molecule has 20 heavy (non-hydrogen) atoms. The van der Waals surface area contributed by atoms with Crippen molar-refractivity contribution in [2.24, 2.45) is 5.73 Å². The Balaban J connectivity index is 2.56. The molecule has 0 aliphatic rings. The van der Waals surface area contributed by atoms with E-state index in [0.29, 0.717) is 27.1 Å². The minimum atomic E-state index is -0.584. The van der Waals surface area contributed by atoms with E-state index in [1.165, 1.54) is 0 Å². The Labute approximate surface area is 126 Å². The van der Waals surface area contributed by atoms with Gasteiger partial charge in [-0.1, -0.05) is 35.3 Å². The van der Waals surface area contributed by atoms with Crippen LogP contribution in [0, 0.1) is 6.92 Å². The van der Waals surface area contributed by atoms with Gasteiger partial charge in [-0.15, -0.1) is 0 Å². The molecule has 104 valence electrons. The lowest BCUT2D eigenvalue weighted by atomic mass is 10.1. The number of aryl methyl sites for hydroxylation is 1. The quantitative estimate of drug-likeness (QED) is 0.756. The molecule has 0 unspecified atom stereocenters. The summed E-state index contributed by atoms with van der Waals surface area (Å²) in [5.41, 5.74) is 13.6. The number of para-hydroxylation sites is 1. The number of halogens is 2. The number of primary amides is 1. The van der Waals surface area contributed by atoms with Gasteiger partial charge in [0.15, 0.2) is 0 Å². The second kappa shape index (κ2) is 5.61. The number of hydrogen-bond acceptors (Lipinski definition) is 3. The molecule has 0 aliphatic carbocycles. The van der Waals surface area contributed by atoms with Crippen LogP contribution in [0.1, 0.15) is 15.9 Å². The second-order valence-corrected chi connectivity index (χ2v) is 5.10. The van der Waals surface area contributed by atoms with E-state index in [-0.39, 0.29) is 5.56 Å². The molecule has 0 aliphatic heterocycles. The van der Waals surface area contributed by atoms with Crippen molar-refractivity contribution >= 4 is 46.2 Å². The monoisotopic (exact) mass is 309 g/mol. The first-order valence-corrected chi connectivity index (χ1v) is 6.57. The third-order valence-corrected chi connectivity index (χ3v) is 3.70. The zero-order valence-electron chi connectivity index (χ0n) is 10.7. The van der Waals surface area contributed by atoms with Gasteiger partial charge >= 0.3 is 0 Å². The lowest BCUT2D eigenvalue weighted by molar-refractivity contribution is 0.100. The molecule has 1 amide bonds. The fourth-order valence-corrected chi connectivity index (χ4v) is 2.28. The average molecular weight is 310 g/mol. The number of nitrogens with two attached hydrogens (primary N) is 2. The zero-order chi connectivity index (χ0) is 14.9. The highest BCUT2D eigenvalue weighted by atomic mass is 35.5. The third kappa shape index (κ3) is 2.66. The van der Waals surface area contributed by atoms with Crippen LogP contribution in [0.2, 0.25) is 10.0 Å². The van der Waals surface area contributed by atoms with Crippen molar-refractivity contribution in [3.05, 3.63) is 51.5 Å². The van der Waals surface area contributed by atoms with Crippen LogP contribution in [0.25, 0.3) is 0 Å². The standard InChI is InChI=1S/C14H13Cl2N3O/c1-7-5-6-9(15)13(11(7)16)19-12-8(14(18)20)3-2-4-10(12)17/h2-6,19H,17H2,1H3,(H2,18,20). The average Bonchev–Trinajstić information content (AvgIpc) is 2.40. The van der Waals surface area contributed by atoms with E-state index in [4.69, 9.17) is 34.7 Å². The molecule has 6 heteroatoms. The van der Waals surface area contributed by atoms with Gasteiger partial charge in [0.05, 0.1) is 32.7 Å². The third-order valence-electron chi connectivity index (χ3n) is 2.90. The molecule has 0 saturated heterocycles. The van der Waals surface area contributed by atoms with Crippen molar-refractivity contribution in [3.63, 3.8) is 0 Å². The van der Waals surface area contributed by atoms with Crippen LogP contribution in [0.15, 0.2) is 30.3 Å². The summed E-state index contributed by atoms with van der Waals surface area (Å²) >= 11 is 12.4. The van der Waals surface area contributed by atoms with Gasteiger partial charge < -0.3 is 16.8 Å². The van der Waals surface area contributed by atoms with Gasteiger partial charge in [-0.05, 0) is 30.7 Å². The Kier molecular flexibility index (Phi) is 4.06. The first-order chi connectivity index (χ1) is 9.41. The molecule has 0 radical (unpaired) electrons. The number of amides is 1. The van der Waals surface area contributed by atoms with E-state index in [9.17, 15) is 4.79 Å². The minimum Gasteiger partial charge on any atom is -0.397 e. The summed E-state index contributed by atoms with van der Waals surface area (Å²) in [4.78, 5) is 11.5. The number of rotatable bonds is 3. The van der Waals surface area contributed by atoms with Crippen LogP contribution in [-0.2, 0) is 0 Å². The van der Waals surface area contributed by atoms with Crippen molar-refractivity contribution in [2.75, 3.05) is 11.1 Å². The highest BCUT2D eigenvalue weighted by molar-refractivity contribution is 6.39. The number of benzene rings is 2. The topological polar surface area (TPSA) is 81.1 Å². The summed E-state index contributed by atoms with van der Waals surface area (Å²) in [7, 11) is 0. The first kappa shape index (κ1) is 14.5. The molecule has 2 aromatic rings. The van der Waals surface area contributed by atoms with Crippen LogP contribution >= 0.6 is 23.2 Å². The number of carbonyl (C=O) groups excluding carboxylic acids is 1. The Bertz CT molecular complexity index is 686. The first-order valence-electron chi connectivity index (χ1n) is 5.81. The van der Waals surface area contributed by atoms with Gasteiger partial charge in [-0.25, -0.2) is 0 Å². The molecular formula is C14H13Cl2N3O. The fourth-order valence-electron chi connectivity index (χ4n) is 1.81. The molecule has 0 atom stereocenters. The van der Waals surface area contributed by atoms with Crippen molar-refractivity contribution in [2.45, 2.75) is 6.92 Å². The maximum atomic E-state index is 11.5. The SMILES string of the molecule is Cc1ccc(Cl)c(Nc2c(N)cccc2C(N)=O)c1Cl. The molecule has 2 aromatic carbocycles. The molecule has 0 aromatic heterocycles. The van der Waals surface area contributed by atoms with E-state index in [1.54, 1.807) is 30.3 Å². The van der Waals surface area contributed by atoms with E-state index < -0.39 is 5.91 Å². The molecule has 0 spiro atoms. The van der Waals surface area contributed by atoms with Gasteiger partial charge in [-0.3, -0.25) is 4.79 Å². The lowest BCUT2D eigenvalue weighted by Crippen LogP contribution is -2.14. The number of anilines is 3. The van der Waals surface area contributed by atoms with E-state index in [0.717, 1.165) is 5.56 Å². The van der Waals surface area contributed by atoms with Gasteiger partial charge in [0.25, 0.3) is 5.91 Å². The molecule has 0 bridgehead atoms. The Hall–Kier alpha value is -1.91. The zero-order valence-corrected chi connectivity index (χ0v) is 12.2. The number of carbonyl (C=O) groups is 1. The van der Waals surface area contributed by atoms with Crippen molar-refractivity contribution in [1.29, 1.82) is 0 Å². The van der Waals surface area contributed by atoms with Crippen LogP contribution in [0.4, 0.5) is 17.1 Å². The number of nitrogen functional groups attached to an aromatic ring is 1. The summed E-state index contributed by atoms with van der Waals surface area (Å²) in [6.45, 7) is 1.85. The summed E-state index contributed by atoms with van der Waals surface area (Å²) in [5.74, 6) is -0.584. The molecular weight excluding hydrogens is 297 g/mol. The fraction of sp³-hybridized carbons (Fsp3) is 0.0714. The maximum Gasteiger partial charge on any atom is 0.250 e. The van der Waals surface area contributed by atoms with Crippen LogP contribution in [-0.4, -0.2) is 5.91 Å². The summed E-state index contributed by atoms with van der Waals surface area (Å²) < 4.78 is 0. The smallest absolute Gasteiger partial charge is 0.250 e. The lowest BCUT2D eigenvalue weighted by Gasteiger charge is -2.16. The number of hydrogen-bond donors (Lipinski definition) is 3. The highest BCUT2D eigenvalue weighted by Crippen LogP contribution is 2.37. The molecule has 5 N–H and O–H groups in total. The van der Waals surface area contributed by atoms with Gasteiger partial charge in [0, 0.05) is 0 Å². The Morgan fingerprint density at radius 1 is 1.15 bits per heavy atom. The van der Waals surface area contributed by atoms with E-state index >= 15 is 0 Å². The van der Waals surface area contributed by atoms with Crippen molar-refractivity contribution in [1.82, 2.24) is 0 Å². The van der Waals surface area contributed by atoms with Gasteiger partial charge in [0.1, 0.15) is 0 Å². The van der Waals surface area contributed by atoms with Gasteiger partial charge in [0.2, 0.25) is 0 Å². The second-order valence-electron chi connectivity index (χ2n) is 4.31. The molecule has 4 nitrogen and oxygen atoms in total. The number of nitrogens with one attached hydrogen (secondary N) is 1. The van der Waals surface area contributed by atoms with E-state index in [1.807, 2.05) is 6.92 Å². The van der Waals surface area contributed by atoms with Crippen LogP contribution in [0.3, 0.4) is 0 Å². The predicted octanol–water partition coefficient (Wildman–Crippen LogP) is 3.73. The molecule has 2 rings (SSSR count). The largest absolute Gasteiger partial charge is 0.397 e. The van der Waals surface area contributed by atoms with Crippen molar-refractivity contribution < 1.29 is 4.79 Å². The minimum absolute atomic E-state index is 0.277. The summed E-state index contributed by atoms with van der Waals surface area (Å²) in [6, 6.07) is 8.42. The van der Waals surface area contributed by atoms with Crippen LogP contribution < -0.4 is 16.8 Å². The Morgan fingerprint density at radius 3 is 2.50 bits per heavy atom. The maximum absolute atomic E-state index is 11.5. The van der Waals surface area contributed by atoms with Crippen LogP contribution in [0.5, 0.6) is 0 Å². The highest BCUT2D eigenvalue weighted by Gasteiger charge is 2.15. The predicted molar refractivity (Wildman–Crippen MR) is 83.9 cm³/mol. The Morgan fingerprint density at radius 2 is 1.85 bits per heavy atom.